The molecule has 0 heterocycles. The second-order valence-corrected chi connectivity index (χ2v) is 21.4. The molecule has 4 rings (SSSR count). The van der Waals surface area contributed by atoms with Crippen LogP contribution in [-0.2, 0) is 17.1 Å². The van der Waals surface area contributed by atoms with Crippen molar-refractivity contribution in [2.24, 2.45) is 0 Å². The van der Waals surface area contributed by atoms with Gasteiger partial charge in [-0.05, 0) is 75.6 Å². The van der Waals surface area contributed by atoms with Gasteiger partial charge in [0.05, 0.1) is 39.6 Å². The van der Waals surface area contributed by atoms with Crippen LogP contribution in [0.1, 0.15) is 22.3 Å². The molecular weight excluding hydrogens is 608 g/mol. The largest absolute Gasteiger partial charge is 2.00 e. The minimum atomic E-state index is -1.43. The molecular formula is C36H42FeO4Si2+2. The van der Waals surface area contributed by atoms with E-state index in [1.807, 2.05) is 49.9 Å². The zero-order valence-electron chi connectivity index (χ0n) is 26.9. The van der Waals surface area contributed by atoms with Gasteiger partial charge in [0.15, 0.2) is 0 Å². The van der Waals surface area contributed by atoms with Crippen molar-refractivity contribution in [1.82, 2.24) is 0 Å². The van der Waals surface area contributed by atoms with Crippen molar-refractivity contribution in [3.05, 3.63) is 110 Å². The van der Waals surface area contributed by atoms with Crippen molar-refractivity contribution < 1.29 is 36.0 Å². The smallest absolute Gasteiger partial charge is 0.496 e. The van der Waals surface area contributed by atoms with E-state index in [-0.39, 0.29) is 17.1 Å². The van der Waals surface area contributed by atoms with E-state index in [1.54, 1.807) is 28.4 Å². The van der Waals surface area contributed by atoms with E-state index in [4.69, 9.17) is 18.9 Å². The number of rotatable bonds is 6. The third-order valence-corrected chi connectivity index (χ3v) is 7.88. The fraction of sp³-hybridized carbons (Fsp3) is 0.278. The van der Waals surface area contributed by atoms with Crippen molar-refractivity contribution in [2.75, 3.05) is 28.4 Å². The fourth-order valence-corrected chi connectivity index (χ4v) is 5.08. The molecule has 0 saturated heterocycles. The molecule has 2 fully saturated rings. The second-order valence-electron chi connectivity index (χ2n) is 11.9. The third-order valence-electron chi connectivity index (χ3n) is 6.13. The molecule has 224 valence electrons. The summed E-state index contributed by atoms with van der Waals surface area (Å²) < 4.78 is 22.1. The molecule has 2 aliphatic carbocycles. The van der Waals surface area contributed by atoms with Gasteiger partial charge in [0, 0.05) is 23.0 Å². The molecule has 0 aliphatic heterocycles. The van der Waals surface area contributed by atoms with E-state index in [0.29, 0.717) is 0 Å². The first-order valence-electron chi connectivity index (χ1n) is 13.9. The van der Waals surface area contributed by atoms with E-state index in [0.717, 1.165) is 57.1 Å². The molecule has 7 heteroatoms. The van der Waals surface area contributed by atoms with Crippen molar-refractivity contribution in [3.8, 4) is 45.9 Å². The minimum Gasteiger partial charge on any atom is -0.496 e. The summed E-state index contributed by atoms with van der Waals surface area (Å²) in [5.74, 6) is 12.0. The predicted molar refractivity (Wildman–Crippen MR) is 179 cm³/mol. The molecule has 2 aromatic rings. The average molecular weight is 651 g/mol. The van der Waals surface area contributed by atoms with E-state index < -0.39 is 16.1 Å². The number of hydrogen-bond donors (Lipinski definition) is 0. The summed E-state index contributed by atoms with van der Waals surface area (Å²) in [4.78, 5) is 0. The maximum atomic E-state index is 5.53. The Morgan fingerprint density at radius 1 is 0.465 bits per heavy atom. The SMILES string of the molecule is COc1cc([C]2[CH][CH][CH][CH]2)c(OC)cc1C#C[Si](C)(C)C.COc1cc([C]2[CH][CH][CH][CH]2)c(OC)cc1C#C[Si](C)(C)C.[Fe+2]. The molecule has 0 unspecified atom stereocenters. The monoisotopic (exact) mass is 650 g/mol. The van der Waals surface area contributed by atoms with Gasteiger partial charge in [-0.3, -0.25) is 0 Å². The maximum Gasteiger partial charge on any atom is 2.00 e. The van der Waals surface area contributed by atoms with Gasteiger partial charge in [-0.15, -0.1) is 11.1 Å². The molecule has 10 radical (unpaired) electrons. The van der Waals surface area contributed by atoms with E-state index >= 15 is 0 Å². The van der Waals surface area contributed by atoms with Crippen LogP contribution < -0.4 is 18.9 Å². The first kappa shape index (κ1) is 36.9. The summed E-state index contributed by atoms with van der Waals surface area (Å²) in [5.41, 5.74) is 10.6. The topological polar surface area (TPSA) is 36.9 Å². The minimum absolute atomic E-state index is 0. The van der Waals surface area contributed by atoms with Crippen LogP contribution in [-0.4, -0.2) is 44.6 Å². The number of hydrogen-bond acceptors (Lipinski definition) is 4. The number of methoxy groups -OCH3 is 4. The van der Waals surface area contributed by atoms with E-state index in [9.17, 15) is 0 Å². The molecule has 0 N–H and O–H groups in total. The van der Waals surface area contributed by atoms with Crippen molar-refractivity contribution in [3.63, 3.8) is 0 Å². The standard InChI is InChI=1S/2C18H21O2Si.Fe/c2*1-19-17-13-16(14-8-6-7-9-14)18(20-2)12-15(17)10-11-21(3,4)5;/h2*6-9,12-13H,1-5H3;/q;;+2. The van der Waals surface area contributed by atoms with Crippen LogP contribution >= 0.6 is 0 Å². The van der Waals surface area contributed by atoms with E-state index in [2.05, 4.69) is 87.9 Å². The molecule has 2 saturated carbocycles. The molecule has 0 bridgehead atoms. The fourth-order valence-electron chi connectivity index (χ4n) is 4.06. The summed E-state index contributed by atoms with van der Waals surface area (Å²) >= 11 is 0. The zero-order valence-corrected chi connectivity index (χ0v) is 30.0. The van der Waals surface area contributed by atoms with Gasteiger partial charge < -0.3 is 18.9 Å². The second kappa shape index (κ2) is 16.7. The summed E-state index contributed by atoms with van der Waals surface area (Å²) in [5, 5.41) is 0. The first-order chi connectivity index (χ1) is 19.9. The van der Waals surface area contributed by atoms with E-state index in [1.165, 1.54) is 0 Å². The number of benzene rings is 2. The van der Waals surface area contributed by atoms with Crippen molar-refractivity contribution >= 4 is 16.1 Å². The number of ether oxygens (including phenoxy) is 4. The summed E-state index contributed by atoms with van der Waals surface area (Å²) in [6, 6.07) is 7.94. The summed E-state index contributed by atoms with van der Waals surface area (Å²) in [6.45, 7) is 13.3. The Hall–Kier alpha value is -2.29. The predicted octanol–water partition coefficient (Wildman–Crippen LogP) is 7.37. The molecule has 0 spiro atoms. The Labute approximate surface area is 274 Å². The van der Waals surface area contributed by atoms with Gasteiger partial charge in [-0.25, -0.2) is 0 Å². The third kappa shape index (κ3) is 11.0. The normalized spacial score (nSPS) is 15.1. The molecule has 0 aromatic heterocycles. The summed E-state index contributed by atoms with van der Waals surface area (Å²) in [6.07, 6.45) is 16.3. The first-order valence-corrected chi connectivity index (χ1v) is 20.9. The molecule has 2 aliphatic rings. The Morgan fingerprint density at radius 2 is 0.767 bits per heavy atom. The van der Waals surface area contributed by atoms with Crippen molar-refractivity contribution in [1.29, 1.82) is 0 Å². The Morgan fingerprint density at radius 3 is 1.02 bits per heavy atom. The molecule has 4 nitrogen and oxygen atoms in total. The van der Waals surface area contributed by atoms with Gasteiger partial charge in [0.1, 0.15) is 39.1 Å². The van der Waals surface area contributed by atoms with Gasteiger partial charge in [-0.2, -0.15) is 0 Å². The van der Waals surface area contributed by atoms with Crippen molar-refractivity contribution in [2.45, 2.75) is 39.3 Å². The molecule has 0 amide bonds. The van der Waals surface area contributed by atoms with Crippen LogP contribution in [0.4, 0.5) is 0 Å². The molecule has 0 atom stereocenters. The Kier molecular flexibility index (Phi) is 14.3. The van der Waals surface area contributed by atoms with Crippen LogP contribution in [0.15, 0.2) is 24.3 Å². The van der Waals surface area contributed by atoms with Crippen LogP contribution in [0.3, 0.4) is 0 Å². The average Bonchev–Trinajstić information content (AvgIpc) is 3.69. The van der Waals surface area contributed by atoms with Gasteiger partial charge in [-0.1, -0.05) is 51.1 Å². The molecule has 2 aromatic carbocycles. The molecule has 43 heavy (non-hydrogen) atoms. The van der Waals surface area contributed by atoms with Crippen LogP contribution in [0.25, 0.3) is 0 Å². The Bertz CT molecular complexity index is 1220. The van der Waals surface area contributed by atoms with Gasteiger partial charge in [0.2, 0.25) is 0 Å². The quantitative estimate of drug-likeness (QED) is 0.242. The van der Waals surface area contributed by atoms with Crippen LogP contribution in [0, 0.1) is 86.1 Å². The van der Waals surface area contributed by atoms with Gasteiger partial charge >= 0.3 is 17.1 Å². The van der Waals surface area contributed by atoms with Gasteiger partial charge in [0.25, 0.3) is 0 Å². The van der Waals surface area contributed by atoms with Crippen LogP contribution in [0.5, 0.6) is 23.0 Å². The summed E-state index contributed by atoms with van der Waals surface area (Å²) in [7, 11) is 3.87. The zero-order chi connectivity index (χ0) is 30.9. The maximum absolute atomic E-state index is 5.53. The Balaban J connectivity index is 0.000000293. The van der Waals surface area contributed by atoms with Crippen LogP contribution in [0.2, 0.25) is 39.3 Å².